The minimum absolute atomic E-state index is 0.170. The summed E-state index contributed by atoms with van der Waals surface area (Å²) in [6.07, 6.45) is 3.46. The highest BCUT2D eigenvalue weighted by molar-refractivity contribution is 7.89. The number of amides is 1. The van der Waals surface area contributed by atoms with E-state index in [4.69, 9.17) is 0 Å². The number of carbonyl (C=O) groups excluding carboxylic acids is 1. The van der Waals surface area contributed by atoms with Crippen molar-refractivity contribution in [2.75, 3.05) is 32.7 Å². The average molecular weight is 440 g/mol. The molecule has 0 aliphatic carbocycles. The van der Waals surface area contributed by atoms with Gasteiger partial charge in [-0.15, -0.1) is 0 Å². The number of nitrogens with zero attached hydrogens (tertiary/aromatic N) is 3. The highest BCUT2D eigenvalue weighted by Gasteiger charge is 2.28. The van der Waals surface area contributed by atoms with E-state index in [1.165, 1.54) is 4.31 Å². The Kier molecular flexibility index (Phi) is 6.17. The van der Waals surface area contributed by atoms with E-state index in [0.29, 0.717) is 31.1 Å². The molecule has 1 amide bonds. The number of rotatable bonds is 6. The van der Waals surface area contributed by atoms with Crippen molar-refractivity contribution in [2.24, 2.45) is 5.10 Å². The molecule has 2 N–H and O–H groups in total. The van der Waals surface area contributed by atoms with Gasteiger partial charge in [-0.1, -0.05) is 35.9 Å². The molecule has 3 aromatic rings. The zero-order valence-corrected chi connectivity index (χ0v) is 18.1. The van der Waals surface area contributed by atoms with Crippen LogP contribution in [0.2, 0.25) is 0 Å². The molecule has 31 heavy (non-hydrogen) atoms. The van der Waals surface area contributed by atoms with Gasteiger partial charge in [0.25, 0.3) is 5.91 Å². The molecule has 1 aliphatic heterocycles. The lowest BCUT2D eigenvalue weighted by atomic mass is 10.2. The number of H-pyrrole nitrogens is 1. The first-order chi connectivity index (χ1) is 14.9. The van der Waals surface area contributed by atoms with E-state index in [1.54, 1.807) is 30.5 Å². The summed E-state index contributed by atoms with van der Waals surface area (Å²) >= 11 is 0. The van der Waals surface area contributed by atoms with Crippen LogP contribution in [0, 0.1) is 6.92 Å². The van der Waals surface area contributed by atoms with Gasteiger partial charge in [0.05, 0.1) is 17.7 Å². The smallest absolute Gasteiger partial charge is 0.254 e. The van der Waals surface area contributed by atoms with Crippen LogP contribution in [0.1, 0.15) is 11.1 Å². The molecule has 1 aliphatic rings. The van der Waals surface area contributed by atoms with E-state index >= 15 is 0 Å². The summed E-state index contributed by atoms with van der Waals surface area (Å²) in [4.78, 5) is 17.6. The Morgan fingerprint density at radius 1 is 1.10 bits per heavy atom. The van der Waals surface area contributed by atoms with Gasteiger partial charge in [0.1, 0.15) is 0 Å². The first-order valence-electron chi connectivity index (χ1n) is 10.1. The van der Waals surface area contributed by atoms with Crippen LogP contribution in [0.5, 0.6) is 0 Å². The molecule has 1 aromatic heterocycles. The van der Waals surface area contributed by atoms with Gasteiger partial charge >= 0.3 is 0 Å². The highest BCUT2D eigenvalue weighted by Crippen LogP contribution is 2.18. The molecule has 9 heteroatoms. The Bertz CT molecular complexity index is 1190. The van der Waals surface area contributed by atoms with Crippen molar-refractivity contribution in [1.29, 1.82) is 0 Å². The second kappa shape index (κ2) is 9.01. The van der Waals surface area contributed by atoms with E-state index in [2.05, 4.69) is 15.5 Å². The third-order valence-electron chi connectivity index (χ3n) is 5.37. The van der Waals surface area contributed by atoms with Crippen LogP contribution in [-0.2, 0) is 14.8 Å². The van der Waals surface area contributed by atoms with Crippen molar-refractivity contribution >= 4 is 33.0 Å². The average Bonchev–Trinajstić information content (AvgIpc) is 3.18. The summed E-state index contributed by atoms with van der Waals surface area (Å²) in [5, 5.41) is 5.09. The maximum Gasteiger partial charge on any atom is 0.254 e. The van der Waals surface area contributed by atoms with E-state index in [0.717, 1.165) is 22.0 Å². The van der Waals surface area contributed by atoms with Crippen molar-refractivity contribution in [3.05, 3.63) is 65.9 Å². The summed E-state index contributed by atoms with van der Waals surface area (Å²) in [6, 6.07) is 14.7. The van der Waals surface area contributed by atoms with E-state index in [-0.39, 0.29) is 12.5 Å². The van der Waals surface area contributed by atoms with E-state index in [9.17, 15) is 13.2 Å². The largest absolute Gasteiger partial charge is 0.361 e. The molecule has 2 aromatic carbocycles. The molecule has 0 radical (unpaired) electrons. The molecule has 0 saturated carbocycles. The number of aromatic nitrogens is 1. The van der Waals surface area contributed by atoms with Crippen LogP contribution in [0.3, 0.4) is 0 Å². The molecule has 0 atom stereocenters. The van der Waals surface area contributed by atoms with Gasteiger partial charge in [-0.25, -0.2) is 13.8 Å². The number of benzene rings is 2. The van der Waals surface area contributed by atoms with Crippen molar-refractivity contribution in [1.82, 2.24) is 19.6 Å². The lowest BCUT2D eigenvalue weighted by Crippen LogP contribution is -2.50. The third-order valence-corrected chi connectivity index (χ3v) is 7.28. The Morgan fingerprint density at radius 2 is 1.81 bits per heavy atom. The van der Waals surface area contributed by atoms with Crippen LogP contribution < -0.4 is 5.43 Å². The van der Waals surface area contributed by atoms with Gasteiger partial charge in [0.2, 0.25) is 10.0 Å². The predicted molar refractivity (Wildman–Crippen MR) is 120 cm³/mol. The van der Waals surface area contributed by atoms with Crippen molar-refractivity contribution < 1.29 is 13.2 Å². The number of piperazine rings is 1. The summed E-state index contributed by atoms with van der Waals surface area (Å²) < 4.78 is 27.0. The molecule has 0 bridgehead atoms. The summed E-state index contributed by atoms with van der Waals surface area (Å²) in [5.41, 5.74) is 5.47. The molecule has 0 spiro atoms. The standard InChI is InChI=1S/C22H25N5O3S/c1-17-6-8-19(9-7-17)31(29,30)27-12-10-26(11-13-27)16-22(28)25-24-15-18-14-23-21-5-3-2-4-20(18)21/h2-9,14-15,23H,10-13,16H2,1H3,(H,25,28)/b24-15-. The molecular weight excluding hydrogens is 414 g/mol. The van der Waals surface area contributed by atoms with Crippen molar-refractivity contribution in [3.8, 4) is 0 Å². The maximum atomic E-state index is 12.8. The number of fused-ring (bicyclic) bond motifs is 1. The molecule has 0 unspecified atom stereocenters. The second-order valence-corrected chi connectivity index (χ2v) is 9.51. The molecule has 2 heterocycles. The number of hydrazone groups is 1. The monoisotopic (exact) mass is 439 g/mol. The first kappa shape index (κ1) is 21.2. The third kappa shape index (κ3) is 4.84. The quantitative estimate of drug-likeness (QED) is 0.453. The lowest BCUT2D eigenvalue weighted by Gasteiger charge is -2.33. The number of hydrogen-bond acceptors (Lipinski definition) is 5. The van der Waals surface area contributed by atoms with Gasteiger partial charge in [-0.05, 0) is 25.1 Å². The van der Waals surface area contributed by atoms with Crippen LogP contribution in [0.4, 0.5) is 0 Å². The Balaban J connectivity index is 1.27. The number of para-hydroxylation sites is 1. The number of carbonyl (C=O) groups is 1. The molecule has 1 fully saturated rings. The van der Waals surface area contributed by atoms with Gasteiger partial charge in [0, 0.05) is 48.8 Å². The second-order valence-electron chi connectivity index (χ2n) is 7.58. The lowest BCUT2D eigenvalue weighted by molar-refractivity contribution is -0.122. The fourth-order valence-corrected chi connectivity index (χ4v) is 5.02. The molecule has 1 saturated heterocycles. The minimum atomic E-state index is -3.51. The van der Waals surface area contributed by atoms with Gasteiger partial charge in [-0.2, -0.15) is 9.41 Å². The van der Waals surface area contributed by atoms with Crippen molar-refractivity contribution in [3.63, 3.8) is 0 Å². The number of aryl methyl sites for hydroxylation is 1. The fraction of sp³-hybridized carbons (Fsp3) is 0.273. The van der Waals surface area contributed by atoms with Crippen LogP contribution in [0.15, 0.2) is 64.7 Å². The summed E-state index contributed by atoms with van der Waals surface area (Å²) in [6.45, 7) is 3.77. The highest BCUT2D eigenvalue weighted by atomic mass is 32.2. The summed E-state index contributed by atoms with van der Waals surface area (Å²) in [5.74, 6) is -0.231. The topological polar surface area (TPSA) is 97.9 Å². The Labute approximate surface area is 181 Å². The van der Waals surface area contributed by atoms with E-state index < -0.39 is 10.0 Å². The number of nitrogens with one attached hydrogen (secondary N) is 2. The number of hydrogen-bond donors (Lipinski definition) is 2. The van der Waals surface area contributed by atoms with Gasteiger partial charge in [-0.3, -0.25) is 9.69 Å². The zero-order chi connectivity index (χ0) is 21.8. The predicted octanol–water partition coefficient (Wildman–Crippen LogP) is 1.93. The van der Waals surface area contributed by atoms with E-state index in [1.807, 2.05) is 42.3 Å². The minimum Gasteiger partial charge on any atom is -0.361 e. The van der Waals surface area contributed by atoms with Crippen LogP contribution in [-0.4, -0.2) is 67.5 Å². The maximum absolute atomic E-state index is 12.8. The normalized spacial score (nSPS) is 16.2. The Morgan fingerprint density at radius 3 is 2.55 bits per heavy atom. The molecular formula is C22H25N5O3S. The molecule has 4 rings (SSSR count). The first-order valence-corrected chi connectivity index (χ1v) is 11.5. The van der Waals surface area contributed by atoms with Gasteiger partial charge in [0.15, 0.2) is 0 Å². The molecule has 8 nitrogen and oxygen atoms in total. The SMILES string of the molecule is Cc1ccc(S(=O)(=O)N2CCN(CC(=O)N/N=C\c3c[nH]c4ccccc34)CC2)cc1. The molecule has 162 valence electrons. The summed E-state index contributed by atoms with van der Waals surface area (Å²) in [7, 11) is -3.51. The number of sulfonamides is 1. The van der Waals surface area contributed by atoms with Crippen LogP contribution in [0.25, 0.3) is 10.9 Å². The zero-order valence-electron chi connectivity index (χ0n) is 17.3. The van der Waals surface area contributed by atoms with Gasteiger partial charge < -0.3 is 4.98 Å². The number of aromatic amines is 1. The Hall–Kier alpha value is -3.01. The fourth-order valence-electron chi connectivity index (χ4n) is 3.60. The van der Waals surface area contributed by atoms with Crippen LogP contribution >= 0.6 is 0 Å². The van der Waals surface area contributed by atoms with Crippen molar-refractivity contribution in [2.45, 2.75) is 11.8 Å².